The van der Waals surface area contributed by atoms with Gasteiger partial charge in [-0.1, -0.05) is 47.5 Å². The molecule has 4 heteroatoms. The predicted molar refractivity (Wildman–Crippen MR) is 101 cm³/mol. The lowest BCUT2D eigenvalue weighted by Crippen LogP contribution is -2.25. The Labute approximate surface area is 149 Å². The maximum absolute atomic E-state index is 5.58. The molecule has 1 unspecified atom stereocenters. The summed E-state index contributed by atoms with van der Waals surface area (Å²) in [6.45, 7) is 5.03. The monoisotopic (exact) mass is 335 g/mol. The van der Waals surface area contributed by atoms with Crippen LogP contribution in [0.2, 0.25) is 0 Å². The summed E-state index contributed by atoms with van der Waals surface area (Å²) in [7, 11) is 3.72. The molecule has 0 fully saturated rings. The number of nitrogens with one attached hydrogen (secondary N) is 1. The number of benzene rings is 2. The SMILES string of the molecule is COc1ccccc1C(NCc1cc(C)cc(C)c1)c1nccn1C. The third-order valence-electron chi connectivity index (χ3n) is 4.36. The zero-order chi connectivity index (χ0) is 17.8. The van der Waals surface area contributed by atoms with Crippen LogP contribution in [0, 0.1) is 13.8 Å². The fourth-order valence-corrected chi connectivity index (χ4v) is 3.29. The normalized spacial score (nSPS) is 12.2. The van der Waals surface area contributed by atoms with Gasteiger partial charge in [-0.3, -0.25) is 5.32 Å². The zero-order valence-electron chi connectivity index (χ0n) is 15.3. The molecule has 0 aliphatic heterocycles. The van der Waals surface area contributed by atoms with Gasteiger partial charge < -0.3 is 9.30 Å². The second-order valence-electron chi connectivity index (χ2n) is 6.45. The number of imidazole rings is 1. The van der Waals surface area contributed by atoms with Gasteiger partial charge in [-0.15, -0.1) is 0 Å². The molecule has 0 aliphatic carbocycles. The highest BCUT2D eigenvalue weighted by Crippen LogP contribution is 2.29. The second kappa shape index (κ2) is 7.53. The predicted octanol–water partition coefficient (Wildman–Crippen LogP) is 3.92. The minimum absolute atomic E-state index is 0.0445. The van der Waals surface area contributed by atoms with E-state index < -0.39 is 0 Å². The van der Waals surface area contributed by atoms with E-state index >= 15 is 0 Å². The van der Waals surface area contributed by atoms with Crippen molar-refractivity contribution >= 4 is 0 Å². The molecular formula is C21H25N3O. The van der Waals surface area contributed by atoms with Crippen LogP contribution in [0.3, 0.4) is 0 Å². The number of aromatic nitrogens is 2. The lowest BCUT2D eigenvalue weighted by Gasteiger charge is -2.21. The van der Waals surface area contributed by atoms with Gasteiger partial charge in [0.15, 0.2) is 0 Å². The molecule has 0 saturated heterocycles. The Hall–Kier alpha value is -2.59. The van der Waals surface area contributed by atoms with Crippen molar-refractivity contribution in [3.05, 3.63) is 82.9 Å². The van der Waals surface area contributed by atoms with Crippen LogP contribution in [-0.4, -0.2) is 16.7 Å². The van der Waals surface area contributed by atoms with Crippen molar-refractivity contribution in [3.63, 3.8) is 0 Å². The first-order valence-corrected chi connectivity index (χ1v) is 8.49. The molecule has 4 nitrogen and oxygen atoms in total. The maximum Gasteiger partial charge on any atom is 0.130 e. The van der Waals surface area contributed by atoms with Gasteiger partial charge in [0.1, 0.15) is 11.6 Å². The Balaban J connectivity index is 1.93. The van der Waals surface area contributed by atoms with Crippen molar-refractivity contribution in [1.29, 1.82) is 0 Å². The Morgan fingerprint density at radius 3 is 2.48 bits per heavy atom. The highest BCUT2D eigenvalue weighted by molar-refractivity contribution is 5.39. The number of para-hydroxylation sites is 1. The van der Waals surface area contributed by atoms with Crippen LogP contribution in [0.5, 0.6) is 5.75 Å². The van der Waals surface area contributed by atoms with Gasteiger partial charge in [0.25, 0.3) is 0 Å². The third kappa shape index (κ3) is 3.91. The number of aryl methyl sites for hydroxylation is 3. The first kappa shape index (κ1) is 17.2. The summed E-state index contributed by atoms with van der Waals surface area (Å²) in [5.41, 5.74) is 4.92. The van der Waals surface area contributed by atoms with Crippen molar-refractivity contribution in [2.24, 2.45) is 7.05 Å². The van der Waals surface area contributed by atoms with Crippen LogP contribution in [-0.2, 0) is 13.6 Å². The fourth-order valence-electron chi connectivity index (χ4n) is 3.29. The van der Waals surface area contributed by atoms with Crippen LogP contribution in [0.4, 0.5) is 0 Å². The molecule has 0 spiro atoms. The van der Waals surface area contributed by atoms with E-state index in [-0.39, 0.29) is 6.04 Å². The first-order chi connectivity index (χ1) is 12.1. The van der Waals surface area contributed by atoms with Gasteiger partial charge in [0.2, 0.25) is 0 Å². The van der Waals surface area contributed by atoms with Crippen molar-refractivity contribution in [1.82, 2.24) is 14.9 Å². The maximum atomic E-state index is 5.58. The Bertz CT molecular complexity index is 834. The largest absolute Gasteiger partial charge is 0.496 e. The van der Waals surface area contributed by atoms with E-state index in [1.54, 1.807) is 7.11 Å². The summed E-state index contributed by atoms with van der Waals surface area (Å²) in [6.07, 6.45) is 3.80. The van der Waals surface area contributed by atoms with Gasteiger partial charge in [-0.25, -0.2) is 4.98 Å². The number of ether oxygens (including phenoxy) is 1. The summed E-state index contributed by atoms with van der Waals surface area (Å²) in [5.74, 6) is 1.83. The zero-order valence-corrected chi connectivity index (χ0v) is 15.3. The number of hydrogen-bond donors (Lipinski definition) is 1. The summed E-state index contributed by atoms with van der Waals surface area (Å²) in [4.78, 5) is 4.56. The van der Waals surface area contributed by atoms with Gasteiger partial charge >= 0.3 is 0 Å². The highest BCUT2D eigenvalue weighted by Gasteiger charge is 2.21. The van der Waals surface area contributed by atoms with Crippen molar-refractivity contribution in [2.75, 3.05) is 7.11 Å². The summed E-state index contributed by atoms with van der Waals surface area (Å²) in [5, 5.41) is 3.66. The number of methoxy groups -OCH3 is 1. The molecule has 0 saturated carbocycles. The van der Waals surface area contributed by atoms with Gasteiger partial charge in [0, 0.05) is 31.5 Å². The van der Waals surface area contributed by atoms with Crippen molar-refractivity contribution in [2.45, 2.75) is 26.4 Å². The summed E-state index contributed by atoms with van der Waals surface area (Å²) < 4.78 is 7.62. The van der Waals surface area contributed by atoms with Crippen LogP contribution in [0.15, 0.2) is 54.9 Å². The van der Waals surface area contributed by atoms with Crippen LogP contribution in [0.25, 0.3) is 0 Å². The Morgan fingerprint density at radius 2 is 1.84 bits per heavy atom. The van der Waals surface area contributed by atoms with E-state index in [1.807, 2.05) is 42.2 Å². The summed E-state index contributed by atoms with van der Waals surface area (Å²) >= 11 is 0. The third-order valence-corrected chi connectivity index (χ3v) is 4.36. The quantitative estimate of drug-likeness (QED) is 0.742. The number of hydrogen-bond acceptors (Lipinski definition) is 3. The van der Waals surface area contributed by atoms with Crippen LogP contribution < -0.4 is 10.1 Å². The lowest BCUT2D eigenvalue weighted by molar-refractivity contribution is 0.401. The molecular weight excluding hydrogens is 310 g/mol. The minimum atomic E-state index is -0.0445. The summed E-state index contributed by atoms with van der Waals surface area (Å²) in [6, 6.07) is 14.7. The standard InChI is InChI=1S/C21H25N3O/c1-15-11-16(2)13-17(12-15)14-23-20(21-22-9-10-24(21)3)18-7-5-6-8-19(18)25-4/h5-13,20,23H,14H2,1-4H3. The van der Waals surface area contributed by atoms with E-state index in [0.29, 0.717) is 0 Å². The fraction of sp³-hybridized carbons (Fsp3) is 0.286. The lowest BCUT2D eigenvalue weighted by atomic mass is 10.0. The van der Waals surface area contributed by atoms with Gasteiger partial charge in [0.05, 0.1) is 13.2 Å². The van der Waals surface area contributed by atoms with Gasteiger partial charge in [-0.2, -0.15) is 0 Å². The number of rotatable bonds is 6. The second-order valence-corrected chi connectivity index (χ2v) is 6.45. The minimum Gasteiger partial charge on any atom is -0.496 e. The van der Waals surface area contributed by atoms with E-state index in [9.17, 15) is 0 Å². The van der Waals surface area contributed by atoms with Crippen molar-refractivity contribution < 1.29 is 4.74 Å². The van der Waals surface area contributed by atoms with Crippen LogP contribution >= 0.6 is 0 Å². The average Bonchev–Trinajstić information content (AvgIpc) is 3.01. The first-order valence-electron chi connectivity index (χ1n) is 8.49. The molecule has 0 bridgehead atoms. The van der Waals surface area contributed by atoms with E-state index in [1.165, 1.54) is 16.7 Å². The van der Waals surface area contributed by atoms with E-state index in [2.05, 4.69) is 48.4 Å². The molecule has 3 aromatic rings. The molecule has 3 rings (SSSR count). The van der Waals surface area contributed by atoms with Crippen LogP contribution in [0.1, 0.15) is 34.1 Å². The highest BCUT2D eigenvalue weighted by atomic mass is 16.5. The molecule has 25 heavy (non-hydrogen) atoms. The molecule has 0 radical (unpaired) electrons. The molecule has 130 valence electrons. The van der Waals surface area contributed by atoms with E-state index in [4.69, 9.17) is 4.74 Å². The van der Waals surface area contributed by atoms with Crippen molar-refractivity contribution in [3.8, 4) is 5.75 Å². The van der Waals surface area contributed by atoms with Gasteiger partial charge in [-0.05, 0) is 25.5 Å². The molecule has 0 aliphatic rings. The molecule has 1 heterocycles. The average molecular weight is 335 g/mol. The Morgan fingerprint density at radius 1 is 1.12 bits per heavy atom. The topological polar surface area (TPSA) is 39.1 Å². The molecule has 1 aromatic heterocycles. The molecule has 1 atom stereocenters. The smallest absolute Gasteiger partial charge is 0.130 e. The Kier molecular flexibility index (Phi) is 5.19. The number of nitrogens with zero attached hydrogens (tertiary/aromatic N) is 2. The molecule has 0 amide bonds. The van der Waals surface area contributed by atoms with E-state index in [0.717, 1.165) is 23.7 Å². The molecule has 2 aromatic carbocycles. The molecule has 1 N–H and O–H groups in total.